The second kappa shape index (κ2) is 5.78. The third-order valence-corrected chi connectivity index (χ3v) is 4.88. The lowest BCUT2D eigenvalue weighted by molar-refractivity contribution is 0.231. The summed E-state index contributed by atoms with van der Waals surface area (Å²) in [7, 11) is 0. The van der Waals surface area contributed by atoms with Gasteiger partial charge in [0, 0.05) is 25.2 Å². The van der Waals surface area contributed by atoms with Crippen molar-refractivity contribution in [1.82, 2.24) is 10.2 Å². The number of nitrogens with zero attached hydrogens (tertiary/aromatic N) is 1. The number of rotatable bonds is 5. The number of hydrogen-bond donors (Lipinski definition) is 1. The van der Waals surface area contributed by atoms with Crippen LogP contribution in [0.2, 0.25) is 0 Å². The Labute approximate surface area is 127 Å². The van der Waals surface area contributed by atoms with Crippen molar-refractivity contribution in [3.8, 4) is 0 Å². The zero-order valence-electron chi connectivity index (χ0n) is 12.6. The van der Waals surface area contributed by atoms with Crippen molar-refractivity contribution < 1.29 is 0 Å². The zero-order valence-corrected chi connectivity index (χ0v) is 12.6. The van der Waals surface area contributed by atoms with Crippen LogP contribution in [0, 0.1) is 0 Å². The van der Waals surface area contributed by atoms with Crippen LogP contribution in [0.25, 0.3) is 10.8 Å². The van der Waals surface area contributed by atoms with Gasteiger partial charge in [-0.05, 0) is 54.6 Å². The van der Waals surface area contributed by atoms with Crippen LogP contribution in [-0.2, 0) is 6.54 Å². The molecule has 1 saturated carbocycles. The molecule has 1 aliphatic heterocycles. The fraction of sp³-hybridized carbons (Fsp3) is 0.474. The lowest BCUT2D eigenvalue weighted by Crippen LogP contribution is -2.38. The molecule has 0 aromatic heterocycles. The van der Waals surface area contributed by atoms with Crippen molar-refractivity contribution in [2.45, 2.75) is 44.3 Å². The van der Waals surface area contributed by atoms with Crippen molar-refractivity contribution in [2.75, 3.05) is 13.1 Å². The van der Waals surface area contributed by atoms with E-state index in [4.69, 9.17) is 0 Å². The molecular formula is C19H24N2. The molecule has 1 heterocycles. The number of hydrogen-bond acceptors (Lipinski definition) is 2. The van der Waals surface area contributed by atoms with Crippen molar-refractivity contribution in [3.63, 3.8) is 0 Å². The number of nitrogens with one attached hydrogen (secondary N) is 1. The largest absolute Gasteiger partial charge is 0.313 e. The highest BCUT2D eigenvalue weighted by molar-refractivity contribution is 5.82. The van der Waals surface area contributed by atoms with Crippen molar-refractivity contribution in [3.05, 3.63) is 48.0 Å². The first-order chi connectivity index (χ1) is 10.4. The van der Waals surface area contributed by atoms with E-state index in [1.54, 1.807) is 0 Å². The molecule has 21 heavy (non-hydrogen) atoms. The fourth-order valence-electron chi connectivity index (χ4n) is 3.55. The molecule has 0 amide bonds. The highest BCUT2D eigenvalue weighted by atomic mass is 15.2. The van der Waals surface area contributed by atoms with Gasteiger partial charge < -0.3 is 5.32 Å². The Bertz CT molecular complexity index is 612. The summed E-state index contributed by atoms with van der Waals surface area (Å²) in [6.45, 7) is 3.53. The Hall–Kier alpha value is -1.38. The van der Waals surface area contributed by atoms with Crippen molar-refractivity contribution in [2.24, 2.45) is 0 Å². The van der Waals surface area contributed by atoms with Gasteiger partial charge in [-0.3, -0.25) is 4.90 Å². The van der Waals surface area contributed by atoms with E-state index < -0.39 is 0 Å². The van der Waals surface area contributed by atoms with E-state index in [1.165, 1.54) is 55.1 Å². The van der Waals surface area contributed by atoms with Gasteiger partial charge in [0.05, 0.1) is 0 Å². The van der Waals surface area contributed by atoms with Crippen LogP contribution in [0.4, 0.5) is 0 Å². The Morgan fingerprint density at radius 1 is 1.00 bits per heavy atom. The second-order valence-electron chi connectivity index (χ2n) is 6.64. The maximum absolute atomic E-state index is 3.64. The van der Waals surface area contributed by atoms with Gasteiger partial charge in [0.1, 0.15) is 0 Å². The van der Waals surface area contributed by atoms with Crippen molar-refractivity contribution >= 4 is 10.8 Å². The van der Waals surface area contributed by atoms with Gasteiger partial charge in [0.15, 0.2) is 0 Å². The van der Waals surface area contributed by atoms with E-state index in [9.17, 15) is 0 Å². The molecule has 4 rings (SSSR count). The predicted molar refractivity (Wildman–Crippen MR) is 88.4 cm³/mol. The van der Waals surface area contributed by atoms with E-state index in [0.717, 1.165) is 12.6 Å². The van der Waals surface area contributed by atoms with Gasteiger partial charge in [-0.25, -0.2) is 0 Å². The normalized spacial score (nSPS) is 22.2. The number of benzene rings is 2. The van der Waals surface area contributed by atoms with Gasteiger partial charge in [-0.15, -0.1) is 0 Å². The summed E-state index contributed by atoms with van der Waals surface area (Å²) in [5.41, 5.74) is 1.46. The van der Waals surface area contributed by atoms with E-state index >= 15 is 0 Å². The lowest BCUT2D eigenvalue weighted by Gasteiger charge is -2.25. The first-order valence-electron chi connectivity index (χ1n) is 8.33. The molecule has 0 radical (unpaired) electrons. The summed E-state index contributed by atoms with van der Waals surface area (Å²) in [6, 6.07) is 17.2. The monoisotopic (exact) mass is 280 g/mol. The molecule has 110 valence electrons. The number of fused-ring (bicyclic) bond motifs is 1. The summed E-state index contributed by atoms with van der Waals surface area (Å²) >= 11 is 0. The van der Waals surface area contributed by atoms with Crippen LogP contribution in [0.5, 0.6) is 0 Å². The lowest BCUT2D eigenvalue weighted by atomic mass is 10.1. The molecule has 2 aromatic rings. The maximum atomic E-state index is 3.64. The molecular weight excluding hydrogens is 256 g/mol. The molecule has 1 atom stereocenters. The summed E-state index contributed by atoms with van der Waals surface area (Å²) in [5, 5.41) is 6.35. The summed E-state index contributed by atoms with van der Waals surface area (Å²) in [4.78, 5) is 2.70. The second-order valence-corrected chi connectivity index (χ2v) is 6.64. The van der Waals surface area contributed by atoms with Crippen LogP contribution in [0.3, 0.4) is 0 Å². The summed E-state index contributed by atoms with van der Waals surface area (Å²) in [5.74, 6) is 0. The molecule has 2 nitrogen and oxygen atoms in total. The van der Waals surface area contributed by atoms with E-state index in [-0.39, 0.29) is 0 Å². The minimum absolute atomic E-state index is 0.714. The van der Waals surface area contributed by atoms with Crippen LogP contribution in [0.15, 0.2) is 42.5 Å². The van der Waals surface area contributed by atoms with Crippen LogP contribution in [-0.4, -0.2) is 30.1 Å². The summed E-state index contributed by atoms with van der Waals surface area (Å²) < 4.78 is 0. The standard InChI is InChI=1S/C19H24N2/c1-2-5-17-12-15(7-8-16(17)4-1)13-21(19-9-10-19)14-18-6-3-11-20-18/h1-2,4-5,7-8,12,18-20H,3,6,9-11,13-14H2. The van der Waals surface area contributed by atoms with E-state index in [0.29, 0.717) is 6.04 Å². The molecule has 2 heteroatoms. The average Bonchev–Trinajstić information content (AvgIpc) is 3.24. The SMILES string of the molecule is c1ccc2cc(CN(CC3CCCN3)C3CC3)ccc2c1. The van der Waals surface area contributed by atoms with Gasteiger partial charge >= 0.3 is 0 Å². The third kappa shape index (κ3) is 3.12. The van der Waals surface area contributed by atoms with E-state index in [1.807, 2.05) is 0 Å². The van der Waals surface area contributed by atoms with Gasteiger partial charge in [0.2, 0.25) is 0 Å². The molecule has 1 N–H and O–H groups in total. The zero-order chi connectivity index (χ0) is 14.1. The highest BCUT2D eigenvalue weighted by Crippen LogP contribution is 2.29. The Morgan fingerprint density at radius 3 is 2.62 bits per heavy atom. The van der Waals surface area contributed by atoms with Gasteiger partial charge in [-0.2, -0.15) is 0 Å². The Balaban J connectivity index is 1.50. The maximum Gasteiger partial charge on any atom is 0.0237 e. The highest BCUT2D eigenvalue weighted by Gasteiger charge is 2.31. The third-order valence-electron chi connectivity index (χ3n) is 4.88. The first kappa shape index (κ1) is 13.3. The molecule has 0 bridgehead atoms. The molecule has 1 aliphatic carbocycles. The minimum Gasteiger partial charge on any atom is -0.313 e. The molecule has 2 aromatic carbocycles. The first-order valence-corrected chi connectivity index (χ1v) is 8.33. The quantitative estimate of drug-likeness (QED) is 0.901. The minimum atomic E-state index is 0.714. The average molecular weight is 280 g/mol. The molecule has 2 fully saturated rings. The summed E-state index contributed by atoms with van der Waals surface area (Å²) in [6.07, 6.45) is 5.47. The van der Waals surface area contributed by atoms with Crippen LogP contribution in [0.1, 0.15) is 31.2 Å². The van der Waals surface area contributed by atoms with Gasteiger partial charge in [-0.1, -0.05) is 36.4 Å². The molecule has 0 spiro atoms. The van der Waals surface area contributed by atoms with Crippen LogP contribution < -0.4 is 5.32 Å². The molecule has 2 aliphatic rings. The molecule has 1 unspecified atom stereocenters. The smallest absolute Gasteiger partial charge is 0.0237 e. The Kier molecular flexibility index (Phi) is 3.66. The van der Waals surface area contributed by atoms with Gasteiger partial charge in [0.25, 0.3) is 0 Å². The topological polar surface area (TPSA) is 15.3 Å². The fourth-order valence-corrected chi connectivity index (χ4v) is 3.55. The molecule has 1 saturated heterocycles. The van der Waals surface area contributed by atoms with E-state index in [2.05, 4.69) is 52.7 Å². The van der Waals surface area contributed by atoms with Crippen LogP contribution >= 0.6 is 0 Å². The van der Waals surface area contributed by atoms with Crippen molar-refractivity contribution in [1.29, 1.82) is 0 Å². The Morgan fingerprint density at radius 2 is 1.86 bits per heavy atom. The predicted octanol–water partition coefficient (Wildman–Crippen LogP) is 3.56.